The highest BCUT2D eigenvalue weighted by Crippen LogP contribution is 2.25. The molecule has 4 rings (SSSR count). The molecule has 3 aromatic rings. The quantitative estimate of drug-likeness (QED) is 0.640. The molecule has 2 amide bonds. The number of aromatic hydroxyl groups is 1. The van der Waals surface area contributed by atoms with E-state index in [-0.39, 0.29) is 17.9 Å². The largest absolute Gasteiger partial charge is 0.502 e. The number of pyridine rings is 1. The van der Waals surface area contributed by atoms with Gasteiger partial charge in [-0.15, -0.1) is 11.3 Å². The molecule has 30 heavy (non-hydrogen) atoms. The van der Waals surface area contributed by atoms with Crippen LogP contribution in [0.1, 0.15) is 20.8 Å². The van der Waals surface area contributed by atoms with Crippen molar-refractivity contribution in [1.82, 2.24) is 9.58 Å². The number of thiophene rings is 1. The van der Waals surface area contributed by atoms with Gasteiger partial charge >= 0.3 is 0 Å². The Morgan fingerprint density at radius 2 is 2.10 bits per heavy atom. The number of fused-ring (bicyclic) bond motifs is 2. The Morgan fingerprint density at radius 3 is 2.87 bits per heavy atom. The number of nitrogens with one attached hydrogen (secondary N) is 1. The van der Waals surface area contributed by atoms with Crippen LogP contribution in [0.2, 0.25) is 0 Å². The van der Waals surface area contributed by atoms with E-state index in [1.165, 1.54) is 22.9 Å². The third kappa shape index (κ3) is 3.40. The lowest BCUT2D eigenvalue weighted by Gasteiger charge is -2.37. The number of hydrogen-bond acceptors (Lipinski definition) is 7. The number of benzene rings is 1. The predicted octanol–water partition coefficient (Wildman–Crippen LogP) is 1.65. The second kappa shape index (κ2) is 7.81. The third-order valence-corrected chi connectivity index (χ3v) is 5.82. The van der Waals surface area contributed by atoms with Crippen LogP contribution in [0, 0.1) is 0 Å². The SMILES string of the molecule is COCCN1CN(C)n2cc(C(=O)Nc3ccc4sccc4c3)c(=O)c(O)c2C1=O. The van der Waals surface area contributed by atoms with Gasteiger partial charge in [0.05, 0.1) is 6.61 Å². The van der Waals surface area contributed by atoms with Crippen LogP contribution in [-0.2, 0) is 4.74 Å². The van der Waals surface area contributed by atoms with Gasteiger partial charge in [-0.1, -0.05) is 0 Å². The first-order valence-corrected chi connectivity index (χ1v) is 10.1. The zero-order valence-corrected chi connectivity index (χ0v) is 17.2. The van der Waals surface area contributed by atoms with Crippen molar-refractivity contribution in [3.63, 3.8) is 0 Å². The highest BCUT2D eigenvalue weighted by Gasteiger charge is 2.33. The summed E-state index contributed by atoms with van der Waals surface area (Å²) < 4.78 is 7.42. The molecule has 0 fully saturated rings. The van der Waals surface area contributed by atoms with Crippen molar-refractivity contribution in [1.29, 1.82) is 0 Å². The van der Waals surface area contributed by atoms with Gasteiger partial charge in [0.15, 0.2) is 11.4 Å². The lowest BCUT2D eigenvalue weighted by Crippen LogP contribution is -2.53. The maximum Gasteiger partial charge on any atom is 0.277 e. The number of amides is 2. The Labute approximate surface area is 175 Å². The lowest BCUT2D eigenvalue weighted by molar-refractivity contribution is 0.0629. The van der Waals surface area contributed by atoms with Gasteiger partial charge in [0.1, 0.15) is 12.2 Å². The molecular weight excluding hydrogens is 408 g/mol. The number of methoxy groups -OCH3 is 1. The van der Waals surface area contributed by atoms with Crippen molar-refractivity contribution < 1.29 is 19.4 Å². The van der Waals surface area contributed by atoms with E-state index in [4.69, 9.17) is 4.74 Å². The van der Waals surface area contributed by atoms with E-state index >= 15 is 0 Å². The molecule has 0 saturated heterocycles. The molecule has 0 unspecified atom stereocenters. The first-order chi connectivity index (χ1) is 14.4. The minimum atomic E-state index is -0.897. The monoisotopic (exact) mass is 428 g/mol. The average molecular weight is 428 g/mol. The number of anilines is 1. The summed E-state index contributed by atoms with van der Waals surface area (Å²) in [6.07, 6.45) is 1.28. The summed E-state index contributed by atoms with van der Waals surface area (Å²) in [4.78, 5) is 39.6. The summed E-state index contributed by atoms with van der Waals surface area (Å²) in [5, 5.41) is 17.7. The van der Waals surface area contributed by atoms with Gasteiger partial charge in [0, 0.05) is 37.3 Å². The van der Waals surface area contributed by atoms with Gasteiger partial charge in [-0.25, -0.2) is 0 Å². The predicted molar refractivity (Wildman–Crippen MR) is 114 cm³/mol. The number of carbonyl (C=O) groups excluding carboxylic acids is 2. The van der Waals surface area contributed by atoms with Crippen LogP contribution in [0.4, 0.5) is 5.69 Å². The molecule has 0 bridgehead atoms. The van der Waals surface area contributed by atoms with Crippen LogP contribution in [0.5, 0.6) is 5.75 Å². The molecular formula is C20H20N4O5S. The number of nitrogens with zero attached hydrogens (tertiary/aromatic N) is 3. The normalized spacial score (nSPS) is 13.6. The fraction of sp³-hybridized carbons (Fsp3) is 0.250. The molecule has 0 atom stereocenters. The summed E-state index contributed by atoms with van der Waals surface area (Å²) in [5.41, 5.74) is -0.805. The van der Waals surface area contributed by atoms with Crippen molar-refractivity contribution in [2.75, 3.05) is 44.3 Å². The molecule has 0 aliphatic carbocycles. The van der Waals surface area contributed by atoms with Crippen LogP contribution in [0.3, 0.4) is 0 Å². The molecule has 0 saturated carbocycles. The van der Waals surface area contributed by atoms with E-state index in [2.05, 4.69) is 5.32 Å². The smallest absolute Gasteiger partial charge is 0.277 e. The van der Waals surface area contributed by atoms with Crippen molar-refractivity contribution in [3.8, 4) is 5.75 Å². The maximum absolute atomic E-state index is 12.8. The Balaban J connectivity index is 1.67. The van der Waals surface area contributed by atoms with Crippen molar-refractivity contribution in [3.05, 3.63) is 57.3 Å². The fourth-order valence-corrected chi connectivity index (χ4v) is 4.14. The Bertz CT molecular complexity index is 1200. The second-order valence-corrected chi connectivity index (χ2v) is 7.85. The summed E-state index contributed by atoms with van der Waals surface area (Å²) >= 11 is 1.59. The molecule has 0 radical (unpaired) electrons. The first kappa shape index (κ1) is 19.9. The van der Waals surface area contributed by atoms with Gasteiger partial charge in [0.25, 0.3) is 11.8 Å². The fourth-order valence-electron chi connectivity index (χ4n) is 3.37. The molecule has 9 nitrogen and oxygen atoms in total. The van der Waals surface area contributed by atoms with Crippen LogP contribution in [-0.4, -0.2) is 60.5 Å². The summed E-state index contributed by atoms with van der Waals surface area (Å²) in [7, 11) is 3.21. The van der Waals surface area contributed by atoms with Gasteiger partial charge in [-0.05, 0) is 35.0 Å². The van der Waals surface area contributed by atoms with Crippen molar-refractivity contribution in [2.24, 2.45) is 0 Å². The Kier molecular flexibility index (Phi) is 5.18. The zero-order valence-electron chi connectivity index (χ0n) is 16.4. The highest BCUT2D eigenvalue weighted by atomic mass is 32.1. The van der Waals surface area contributed by atoms with Crippen molar-refractivity contribution in [2.45, 2.75) is 0 Å². The lowest BCUT2D eigenvalue weighted by atomic mass is 10.1. The molecule has 156 valence electrons. The van der Waals surface area contributed by atoms with E-state index in [9.17, 15) is 19.5 Å². The molecule has 1 aromatic carbocycles. The molecule has 2 aromatic heterocycles. The zero-order chi connectivity index (χ0) is 21.4. The van der Waals surface area contributed by atoms with Gasteiger partial charge in [-0.2, -0.15) is 0 Å². The minimum absolute atomic E-state index is 0.180. The minimum Gasteiger partial charge on any atom is -0.502 e. The number of rotatable bonds is 5. The van der Waals surface area contributed by atoms with E-state index in [0.717, 1.165) is 10.1 Å². The van der Waals surface area contributed by atoms with E-state index in [0.29, 0.717) is 18.8 Å². The number of aromatic nitrogens is 1. The highest BCUT2D eigenvalue weighted by molar-refractivity contribution is 7.17. The first-order valence-electron chi connectivity index (χ1n) is 9.17. The molecule has 2 N–H and O–H groups in total. The molecule has 3 heterocycles. The second-order valence-electron chi connectivity index (χ2n) is 6.90. The number of hydrogen-bond donors (Lipinski definition) is 2. The number of carbonyl (C=O) groups is 2. The third-order valence-electron chi connectivity index (χ3n) is 4.92. The van der Waals surface area contributed by atoms with Crippen LogP contribution < -0.4 is 15.8 Å². The summed E-state index contributed by atoms with van der Waals surface area (Å²) in [6, 6.07) is 7.37. The van der Waals surface area contributed by atoms with E-state index in [1.807, 2.05) is 23.6 Å². The number of ether oxygens (including phenoxy) is 1. The molecule has 0 spiro atoms. The molecule has 10 heteroatoms. The van der Waals surface area contributed by atoms with Gasteiger partial charge in [0.2, 0.25) is 5.43 Å². The van der Waals surface area contributed by atoms with E-state index < -0.39 is 23.0 Å². The van der Waals surface area contributed by atoms with E-state index in [1.54, 1.807) is 29.5 Å². The van der Waals surface area contributed by atoms with Crippen LogP contribution >= 0.6 is 11.3 Å². The van der Waals surface area contributed by atoms with Crippen LogP contribution in [0.15, 0.2) is 40.6 Å². The summed E-state index contributed by atoms with van der Waals surface area (Å²) in [6.45, 7) is 0.841. The standard InChI is InChI=1S/C20H20N4O5S/c1-22-11-23(6-7-29-2)20(28)16-18(26)17(25)14(10-24(16)22)19(27)21-13-3-4-15-12(9-13)5-8-30-15/h3-5,8-10,26H,6-7,11H2,1-2H3,(H,21,27). The van der Waals surface area contributed by atoms with Gasteiger partial charge in [-0.3, -0.25) is 24.1 Å². The Hall–Kier alpha value is -3.37. The average Bonchev–Trinajstić information content (AvgIpc) is 3.19. The molecule has 1 aliphatic rings. The Morgan fingerprint density at radius 1 is 1.30 bits per heavy atom. The van der Waals surface area contributed by atoms with Crippen LogP contribution in [0.25, 0.3) is 10.1 Å². The van der Waals surface area contributed by atoms with Crippen molar-refractivity contribution >= 4 is 38.9 Å². The summed E-state index contributed by atoms with van der Waals surface area (Å²) in [5.74, 6) is -1.92. The van der Waals surface area contributed by atoms with Gasteiger partial charge < -0.3 is 20.1 Å². The molecule has 1 aliphatic heterocycles. The maximum atomic E-state index is 12.8. The topological polar surface area (TPSA) is 104 Å².